The largest absolute Gasteiger partial charge is 0.345 e. The molecule has 1 fully saturated rings. The number of hydrogen-bond donors (Lipinski definition) is 0. The van der Waals surface area contributed by atoms with Crippen molar-refractivity contribution in [3.05, 3.63) is 94.9 Å². The van der Waals surface area contributed by atoms with E-state index in [2.05, 4.69) is 43.7 Å². The number of hydrogen-bond acceptors (Lipinski definition) is 4. The fourth-order valence-corrected chi connectivity index (χ4v) is 7.63. The molecule has 0 N–H and O–H groups in total. The molecule has 216 valence electrons. The normalized spacial score (nSPS) is 14.5. The van der Waals surface area contributed by atoms with Gasteiger partial charge >= 0.3 is 0 Å². The quantitative estimate of drug-likeness (QED) is 0.186. The lowest BCUT2D eigenvalue weighted by Crippen LogP contribution is -2.47. The Bertz CT molecular complexity index is 1570. The first-order chi connectivity index (χ1) is 19.9. The van der Waals surface area contributed by atoms with Crippen molar-refractivity contribution in [2.45, 2.75) is 69.5 Å². The van der Waals surface area contributed by atoms with Crippen LogP contribution in [0.2, 0.25) is 0 Å². The first-order valence-corrected chi connectivity index (χ1v) is 16.6. The van der Waals surface area contributed by atoms with Crippen LogP contribution in [0.5, 0.6) is 0 Å². The summed E-state index contributed by atoms with van der Waals surface area (Å²) in [6.45, 7) is 3.15. The molecule has 1 aliphatic rings. The molecule has 2 heterocycles. The zero-order valence-electron chi connectivity index (χ0n) is 23.5. The number of aromatic nitrogens is 2. The predicted octanol–water partition coefficient (Wildman–Crippen LogP) is 6.61. The molecule has 1 aliphatic carbocycles. The molecule has 9 heteroatoms. The maximum Gasteiger partial charge on any atom is 0.245 e. The summed E-state index contributed by atoms with van der Waals surface area (Å²) in [5.41, 5.74) is 2.64. The highest BCUT2D eigenvalue weighted by atomic mass is 79.9. The second-order valence-electron chi connectivity index (χ2n) is 10.7. The molecule has 1 amide bonds. The van der Waals surface area contributed by atoms with Crippen molar-refractivity contribution in [2.24, 2.45) is 0 Å². The minimum atomic E-state index is -3.95. The molecule has 0 saturated heterocycles. The molecule has 41 heavy (non-hydrogen) atoms. The SMILES string of the molecule is CCCN(CC(=O)N(Cc1cccn1Cc1ccc(Br)cc1)C1CCCCC1)S(=O)(=O)c1cccc2cccnc12. The number of sulfonamides is 1. The van der Waals surface area contributed by atoms with E-state index in [1.165, 1.54) is 16.3 Å². The van der Waals surface area contributed by atoms with Crippen LogP contribution in [-0.2, 0) is 27.9 Å². The van der Waals surface area contributed by atoms with Gasteiger partial charge in [0.15, 0.2) is 0 Å². The van der Waals surface area contributed by atoms with E-state index in [0.717, 1.165) is 41.2 Å². The molecule has 0 radical (unpaired) electrons. The highest BCUT2D eigenvalue weighted by molar-refractivity contribution is 9.10. The molecule has 1 saturated carbocycles. The van der Waals surface area contributed by atoms with Gasteiger partial charge in [0, 0.05) is 47.1 Å². The van der Waals surface area contributed by atoms with E-state index in [1.807, 2.05) is 48.4 Å². The van der Waals surface area contributed by atoms with Gasteiger partial charge in [0.2, 0.25) is 15.9 Å². The summed E-state index contributed by atoms with van der Waals surface area (Å²) >= 11 is 3.50. The molecule has 7 nitrogen and oxygen atoms in total. The molecule has 0 atom stereocenters. The minimum Gasteiger partial charge on any atom is -0.345 e. The van der Waals surface area contributed by atoms with E-state index in [0.29, 0.717) is 25.0 Å². The van der Waals surface area contributed by atoms with Crippen molar-refractivity contribution in [3.63, 3.8) is 0 Å². The van der Waals surface area contributed by atoms with E-state index in [1.54, 1.807) is 24.4 Å². The number of pyridine rings is 1. The molecule has 5 rings (SSSR count). The van der Waals surface area contributed by atoms with Crippen LogP contribution in [0.3, 0.4) is 0 Å². The Morgan fingerprint density at radius 2 is 1.76 bits per heavy atom. The summed E-state index contributed by atoms with van der Waals surface area (Å²) in [5, 5.41) is 0.756. The fourth-order valence-electron chi connectivity index (χ4n) is 5.72. The van der Waals surface area contributed by atoms with Gasteiger partial charge in [0.25, 0.3) is 0 Å². The summed E-state index contributed by atoms with van der Waals surface area (Å²) in [4.78, 5) is 20.5. The first kappa shape index (κ1) is 29.5. The number of amides is 1. The predicted molar refractivity (Wildman–Crippen MR) is 166 cm³/mol. The topological polar surface area (TPSA) is 75.5 Å². The van der Waals surface area contributed by atoms with Crippen molar-refractivity contribution in [1.29, 1.82) is 0 Å². The number of benzene rings is 2. The summed E-state index contributed by atoms with van der Waals surface area (Å²) in [6, 6.07) is 21.2. The lowest BCUT2D eigenvalue weighted by molar-refractivity contribution is -0.135. The van der Waals surface area contributed by atoms with Gasteiger partial charge in [0.05, 0.1) is 18.6 Å². The van der Waals surface area contributed by atoms with Crippen LogP contribution in [0.1, 0.15) is 56.7 Å². The van der Waals surface area contributed by atoms with Crippen LogP contribution in [0.15, 0.2) is 88.5 Å². The van der Waals surface area contributed by atoms with Gasteiger partial charge < -0.3 is 9.47 Å². The summed E-state index contributed by atoms with van der Waals surface area (Å²) < 4.78 is 32.5. The van der Waals surface area contributed by atoms with Crippen molar-refractivity contribution in [2.75, 3.05) is 13.1 Å². The molecule has 4 aromatic rings. The third-order valence-corrected chi connectivity index (χ3v) is 10.3. The second-order valence-corrected chi connectivity index (χ2v) is 13.6. The molecular weight excluding hydrogens is 600 g/mol. The van der Waals surface area contributed by atoms with Crippen LogP contribution in [-0.4, -0.2) is 52.2 Å². The monoisotopic (exact) mass is 636 g/mol. The Kier molecular flexibility index (Phi) is 9.57. The van der Waals surface area contributed by atoms with Crippen LogP contribution >= 0.6 is 15.9 Å². The smallest absolute Gasteiger partial charge is 0.245 e. The van der Waals surface area contributed by atoms with Crippen molar-refractivity contribution in [1.82, 2.24) is 18.8 Å². The lowest BCUT2D eigenvalue weighted by Gasteiger charge is -2.36. The Morgan fingerprint density at radius 3 is 2.51 bits per heavy atom. The zero-order chi connectivity index (χ0) is 28.8. The maximum atomic E-state index is 14.1. The summed E-state index contributed by atoms with van der Waals surface area (Å²) in [7, 11) is -3.95. The number of para-hydroxylation sites is 1. The first-order valence-electron chi connectivity index (χ1n) is 14.4. The van der Waals surface area contributed by atoms with E-state index in [-0.39, 0.29) is 29.9 Å². The highest BCUT2D eigenvalue weighted by Crippen LogP contribution is 2.27. The minimum absolute atomic E-state index is 0.0951. The zero-order valence-corrected chi connectivity index (χ0v) is 25.9. The van der Waals surface area contributed by atoms with Gasteiger partial charge in [-0.2, -0.15) is 4.31 Å². The van der Waals surface area contributed by atoms with Crippen LogP contribution < -0.4 is 0 Å². The van der Waals surface area contributed by atoms with Gasteiger partial charge in [0.1, 0.15) is 4.90 Å². The Balaban J connectivity index is 1.41. The molecule has 2 aromatic carbocycles. The second kappa shape index (κ2) is 13.3. The Labute approximate surface area is 251 Å². The van der Waals surface area contributed by atoms with Crippen LogP contribution in [0.25, 0.3) is 10.9 Å². The van der Waals surface area contributed by atoms with Crippen molar-refractivity contribution in [3.8, 4) is 0 Å². The number of carbonyl (C=O) groups is 1. The molecule has 2 aromatic heterocycles. The van der Waals surface area contributed by atoms with Gasteiger partial charge in [-0.25, -0.2) is 8.42 Å². The molecule has 0 aliphatic heterocycles. The summed E-state index contributed by atoms with van der Waals surface area (Å²) in [6.07, 6.45) is 9.44. The Morgan fingerprint density at radius 1 is 1.00 bits per heavy atom. The average Bonchev–Trinajstić information content (AvgIpc) is 3.43. The number of fused-ring (bicyclic) bond motifs is 1. The number of rotatable bonds is 11. The van der Waals surface area contributed by atoms with E-state index >= 15 is 0 Å². The van der Waals surface area contributed by atoms with Gasteiger partial charge in [-0.1, -0.05) is 72.4 Å². The summed E-state index contributed by atoms with van der Waals surface area (Å²) in [5.74, 6) is -0.154. The van der Waals surface area contributed by atoms with Crippen molar-refractivity contribution < 1.29 is 13.2 Å². The lowest BCUT2D eigenvalue weighted by atomic mass is 9.94. The third kappa shape index (κ3) is 6.90. The van der Waals surface area contributed by atoms with Crippen LogP contribution in [0.4, 0.5) is 0 Å². The molecule has 0 bridgehead atoms. The Hall–Kier alpha value is -3.01. The van der Waals surface area contributed by atoms with Gasteiger partial charge in [-0.15, -0.1) is 0 Å². The van der Waals surface area contributed by atoms with E-state index < -0.39 is 10.0 Å². The molecule has 0 unspecified atom stereocenters. The van der Waals surface area contributed by atoms with Gasteiger partial charge in [-0.3, -0.25) is 9.78 Å². The fraction of sp³-hybridized carbons (Fsp3) is 0.375. The van der Waals surface area contributed by atoms with Gasteiger partial charge in [-0.05, 0) is 61.2 Å². The number of nitrogens with zero attached hydrogens (tertiary/aromatic N) is 4. The molecule has 0 spiro atoms. The standard InChI is InChI=1S/C32H37BrN4O3S/c1-2-20-36(41(39,40)30-14-6-9-26-10-7-19-34-32(26)30)24-31(38)37(28-11-4-3-5-12-28)23-29-13-8-21-35(29)22-25-15-17-27(33)18-16-25/h6-10,13-19,21,28H,2-5,11-12,20,22-24H2,1H3. The average molecular weight is 638 g/mol. The number of carbonyl (C=O) groups excluding carboxylic acids is 1. The van der Waals surface area contributed by atoms with E-state index in [9.17, 15) is 13.2 Å². The van der Waals surface area contributed by atoms with Crippen LogP contribution in [0, 0.1) is 0 Å². The third-order valence-electron chi connectivity index (χ3n) is 7.86. The highest BCUT2D eigenvalue weighted by Gasteiger charge is 2.32. The van der Waals surface area contributed by atoms with E-state index in [4.69, 9.17) is 0 Å². The maximum absolute atomic E-state index is 14.1. The van der Waals surface area contributed by atoms with Crippen molar-refractivity contribution >= 4 is 42.8 Å². The number of halogens is 1. The molecular formula is C32H37BrN4O3S.